The van der Waals surface area contributed by atoms with Gasteiger partial charge in [0.15, 0.2) is 5.78 Å². The molecule has 2 aromatic carbocycles. The number of carbonyl (C=O) groups excluding carboxylic acids is 2. The van der Waals surface area contributed by atoms with Gasteiger partial charge in [-0.1, -0.05) is 24.3 Å². The maximum Gasteiger partial charge on any atom is 0.491 e. The van der Waals surface area contributed by atoms with Gasteiger partial charge in [-0.2, -0.15) is 0 Å². The van der Waals surface area contributed by atoms with Crippen LogP contribution in [0.4, 0.5) is 5.69 Å². The molecule has 0 aliphatic carbocycles. The molecule has 3 rings (SSSR count). The molecule has 0 saturated carbocycles. The molecular weight excluding hydrogens is 305 g/mol. The molecule has 0 fully saturated rings. The highest BCUT2D eigenvalue weighted by atomic mass is 16.5. The molecule has 0 radical (unpaired) electrons. The first-order valence-electron chi connectivity index (χ1n) is 7.55. The molecule has 2 aromatic rings. The zero-order chi connectivity index (χ0) is 17.1. The largest absolute Gasteiger partial charge is 0.491 e. The van der Waals surface area contributed by atoms with E-state index in [1.807, 2.05) is 18.2 Å². The van der Waals surface area contributed by atoms with Crippen LogP contribution in [0.1, 0.15) is 28.4 Å². The lowest BCUT2D eigenvalue weighted by molar-refractivity contribution is -0.114. The van der Waals surface area contributed by atoms with Crippen molar-refractivity contribution in [2.24, 2.45) is 0 Å². The van der Waals surface area contributed by atoms with Gasteiger partial charge in [0.2, 0.25) is 5.91 Å². The lowest BCUT2D eigenvalue weighted by Crippen LogP contribution is -2.28. The molecule has 120 valence electrons. The van der Waals surface area contributed by atoms with E-state index in [4.69, 9.17) is 4.65 Å². The molecule has 0 aromatic heterocycles. The van der Waals surface area contributed by atoms with Gasteiger partial charge < -0.3 is 15.0 Å². The Balaban J connectivity index is 1.71. The Kier molecular flexibility index (Phi) is 4.60. The van der Waals surface area contributed by atoms with Crippen molar-refractivity contribution in [3.63, 3.8) is 0 Å². The molecule has 1 heterocycles. The number of anilines is 1. The SMILES string of the molecule is CC(=O)Nc1ccc(C(=O)/C=C/c2ccc3c(c2)B(O)OC3)cc1. The fourth-order valence-corrected chi connectivity index (χ4v) is 2.53. The molecule has 1 aliphatic rings. The first kappa shape index (κ1) is 16.2. The third-order valence-electron chi connectivity index (χ3n) is 3.75. The molecule has 0 unspecified atom stereocenters. The Morgan fingerprint density at radius 2 is 1.96 bits per heavy atom. The van der Waals surface area contributed by atoms with Crippen LogP contribution in [0.5, 0.6) is 0 Å². The summed E-state index contributed by atoms with van der Waals surface area (Å²) in [6.45, 7) is 1.83. The molecule has 1 aliphatic heterocycles. The van der Waals surface area contributed by atoms with Crippen LogP contribution in [0.2, 0.25) is 0 Å². The second kappa shape index (κ2) is 6.82. The number of amides is 1. The van der Waals surface area contributed by atoms with Crippen LogP contribution in [0.15, 0.2) is 48.5 Å². The average molecular weight is 321 g/mol. The van der Waals surface area contributed by atoms with Gasteiger partial charge >= 0.3 is 7.12 Å². The highest BCUT2D eigenvalue weighted by molar-refractivity contribution is 6.61. The average Bonchev–Trinajstić information content (AvgIpc) is 2.93. The number of ketones is 1. The highest BCUT2D eigenvalue weighted by Gasteiger charge is 2.26. The van der Waals surface area contributed by atoms with Gasteiger partial charge in [-0.3, -0.25) is 9.59 Å². The van der Waals surface area contributed by atoms with Crippen LogP contribution in [-0.2, 0) is 16.1 Å². The van der Waals surface area contributed by atoms with Gasteiger partial charge in [-0.15, -0.1) is 0 Å². The Morgan fingerprint density at radius 3 is 2.67 bits per heavy atom. The van der Waals surface area contributed by atoms with Crippen molar-refractivity contribution < 1.29 is 19.3 Å². The van der Waals surface area contributed by atoms with E-state index < -0.39 is 7.12 Å². The van der Waals surface area contributed by atoms with Crippen molar-refractivity contribution in [2.75, 3.05) is 5.32 Å². The molecule has 1 amide bonds. The summed E-state index contributed by atoms with van der Waals surface area (Å²) in [6.07, 6.45) is 3.19. The zero-order valence-corrected chi connectivity index (χ0v) is 13.2. The first-order chi connectivity index (χ1) is 11.5. The number of carbonyl (C=O) groups is 2. The van der Waals surface area contributed by atoms with Gasteiger partial charge in [0.1, 0.15) is 0 Å². The summed E-state index contributed by atoms with van der Waals surface area (Å²) < 4.78 is 5.15. The predicted octanol–water partition coefficient (Wildman–Crippen LogP) is 1.76. The Morgan fingerprint density at radius 1 is 1.21 bits per heavy atom. The van der Waals surface area contributed by atoms with E-state index in [0.29, 0.717) is 17.9 Å². The van der Waals surface area contributed by atoms with E-state index >= 15 is 0 Å². The van der Waals surface area contributed by atoms with E-state index in [9.17, 15) is 14.6 Å². The lowest BCUT2D eigenvalue weighted by Gasteiger charge is -2.03. The molecule has 5 nitrogen and oxygen atoms in total. The van der Waals surface area contributed by atoms with Crippen molar-refractivity contribution in [3.8, 4) is 0 Å². The summed E-state index contributed by atoms with van der Waals surface area (Å²) >= 11 is 0. The summed E-state index contributed by atoms with van der Waals surface area (Å²) in [4.78, 5) is 23.2. The second-order valence-corrected chi connectivity index (χ2v) is 5.58. The minimum Gasteiger partial charge on any atom is -0.423 e. The molecule has 24 heavy (non-hydrogen) atoms. The normalized spacial score (nSPS) is 13.2. The maximum atomic E-state index is 12.2. The molecule has 0 spiro atoms. The van der Waals surface area contributed by atoms with E-state index in [-0.39, 0.29) is 11.7 Å². The van der Waals surface area contributed by atoms with Crippen LogP contribution in [0.3, 0.4) is 0 Å². The molecule has 6 heteroatoms. The van der Waals surface area contributed by atoms with Gasteiger partial charge in [0.25, 0.3) is 0 Å². The van der Waals surface area contributed by atoms with Crippen LogP contribution in [0.25, 0.3) is 6.08 Å². The topological polar surface area (TPSA) is 75.6 Å². The summed E-state index contributed by atoms with van der Waals surface area (Å²) in [5.74, 6) is -0.293. The Hall–Kier alpha value is -2.70. The zero-order valence-electron chi connectivity index (χ0n) is 13.2. The molecule has 0 bridgehead atoms. The highest BCUT2D eigenvalue weighted by Crippen LogP contribution is 2.14. The van der Waals surface area contributed by atoms with Gasteiger partial charge in [0, 0.05) is 18.2 Å². The molecular formula is C18H16BNO4. The van der Waals surface area contributed by atoms with Crippen LogP contribution >= 0.6 is 0 Å². The summed E-state index contributed by atoms with van der Waals surface area (Å²) in [5.41, 5.74) is 3.70. The van der Waals surface area contributed by atoms with Crippen molar-refractivity contribution in [3.05, 3.63) is 65.2 Å². The van der Waals surface area contributed by atoms with Gasteiger partial charge in [-0.05, 0) is 46.9 Å². The van der Waals surface area contributed by atoms with E-state index in [2.05, 4.69) is 5.32 Å². The number of hydrogen-bond donors (Lipinski definition) is 2. The molecule has 0 atom stereocenters. The lowest BCUT2D eigenvalue weighted by atomic mass is 9.79. The Labute approximate surface area is 140 Å². The summed E-state index contributed by atoms with van der Waals surface area (Å²) in [5, 5.41) is 12.4. The fraction of sp³-hybridized carbons (Fsp3) is 0.111. The van der Waals surface area contributed by atoms with Crippen LogP contribution < -0.4 is 10.8 Å². The molecule has 2 N–H and O–H groups in total. The number of rotatable bonds is 4. The smallest absolute Gasteiger partial charge is 0.423 e. The van der Waals surface area contributed by atoms with Gasteiger partial charge in [0.05, 0.1) is 6.61 Å². The number of fused-ring (bicyclic) bond motifs is 1. The maximum absolute atomic E-state index is 12.2. The van der Waals surface area contributed by atoms with Gasteiger partial charge in [-0.25, -0.2) is 0 Å². The van der Waals surface area contributed by atoms with E-state index in [1.165, 1.54) is 13.0 Å². The third-order valence-corrected chi connectivity index (χ3v) is 3.75. The monoisotopic (exact) mass is 321 g/mol. The second-order valence-electron chi connectivity index (χ2n) is 5.58. The summed E-state index contributed by atoms with van der Waals surface area (Å²) in [6, 6.07) is 12.3. The number of allylic oxidation sites excluding steroid dienone is 1. The fourth-order valence-electron chi connectivity index (χ4n) is 2.53. The minimum absolute atomic E-state index is 0.137. The summed E-state index contributed by atoms with van der Waals surface area (Å²) in [7, 11) is -0.898. The van der Waals surface area contributed by atoms with Crippen LogP contribution in [0, 0.1) is 0 Å². The molecule has 0 saturated heterocycles. The predicted molar refractivity (Wildman–Crippen MR) is 92.9 cm³/mol. The minimum atomic E-state index is -0.898. The van der Waals surface area contributed by atoms with E-state index in [0.717, 1.165) is 16.6 Å². The van der Waals surface area contributed by atoms with E-state index in [1.54, 1.807) is 30.3 Å². The number of hydrogen-bond acceptors (Lipinski definition) is 4. The van der Waals surface area contributed by atoms with Crippen molar-refractivity contribution >= 4 is 36.0 Å². The standard InChI is InChI=1S/C18H16BNO4/c1-12(21)20-16-7-5-14(6-8-16)18(22)9-3-13-2-4-15-11-24-19(23)17(15)10-13/h2-10,23H,11H2,1H3,(H,20,21)/b9-3+. The Bertz CT molecular complexity index is 814. The van der Waals surface area contributed by atoms with Crippen LogP contribution in [-0.4, -0.2) is 23.8 Å². The first-order valence-corrected chi connectivity index (χ1v) is 7.55. The van der Waals surface area contributed by atoms with Crippen molar-refractivity contribution in [1.82, 2.24) is 0 Å². The number of nitrogens with one attached hydrogen (secondary N) is 1. The third kappa shape index (κ3) is 3.61. The number of benzene rings is 2. The quantitative estimate of drug-likeness (QED) is 0.511. The van der Waals surface area contributed by atoms with Crippen molar-refractivity contribution in [1.29, 1.82) is 0 Å². The van der Waals surface area contributed by atoms with Crippen molar-refractivity contribution in [2.45, 2.75) is 13.5 Å².